The number of benzene rings is 1. The summed E-state index contributed by atoms with van der Waals surface area (Å²) in [7, 11) is 4.76. The molecule has 0 N–H and O–H groups in total. The number of halogens is 1. The van der Waals surface area contributed by atoms with Gasteiger partial charge in [0.25, 0.3) is 0 Å². The average Bonchev–Trinajstić information content (AvgIpc) is 2.38. The Hall–Kier alpha value is -2.35. The summed E-state index contributed by atoms with van der Waals surface area (Å²) < 4.78 is 18.6. The first-order valence-electron chi connectivity index (χ1n) is 5.58. The molecule has 0 atom stereocenters. The van der Waals surface area contributed by atoms with Gasteiger partial charge in [-0.2, -0.15) is 5.26 Å². The number of nitrogens with zero attached hydrogens (tertiary/aromatic N) is 2. The molecule has 0 heterocycles. The van der Waals surface area contributed by atoms with Crippen molar-refractivity contribution in [2.24, 2.45) is 0 Å². The monoisotopic (exact) mass is 262 g/mol. The van der Waals surface area contributed by atoms with E-state index >= 15 is 0 Å². The molecule has 0 amide bonds. The zero-order valence-corrected chi connectivity index (χ0v) is 11.3. The maximum atomic E-state index is 13.9. The van der Waals surface area contributed by atoms with Crippen LogP contribution in [-0.2, 0) is 9.53 Å². The lowest BCUT2D eigenvalue weighted by molar-refractivity contribution is -0.133. The molecule has 1 aromatic rings. The lowest BCUT2D eigenvalue weighted by Gasteiger charge is -2.13. The van der Waals surface area contributed by atoms with E-state index in [0.717, 1.165) is 0 Å². The van der Waals surface area contributed by atoms with Crippen LogP contribution in [0.2, 0.25) is 0 Å². The Bertz CT molecular complexity index is 572. The lowest BCUT2D eigenvalue weighted by Crippen LogP contribution is -2.11. The Kier molecular flexibility index (Phi) is 4.65. The first kappa shape index (κ1) is 14.7. The van der Waals surface area contributed by atoms with E-state index in [1.54, 1.807) is 37.3 Å². The van der Waals surface area contributed by atoms with Gasteiger partial charge in [0, 0.05) is 20.3 Å². The Labute approximate surface area is 111 Å². The Morgan fingerprint density at radius 2 is 2.11 bits per heavy atom. The minimum Gasteiger partial charge on any atom is -0.465 e. The van der Waals surface area contributed by atoms with Gasteiger partial charge in [-0.3, -0.25) is 0 Å². The van der Waals surface area contributed by atoms with Crippen molar-refractivity contribution in [3.8, 4) is 6.07 Å². The number of ether oxygens (including phenoxy) is 1. The van der Waals surface area contributed by atoms with Crippen molar-refractivity contribution in [1.29, 1.82) is 5.26 Å². The Morgan fingerprint density at radius 3 is 2.58 bits per heavy atom. The molecule has 4 nitrogen and oxygen atoms in total. The van der Waals surface area contributed by atoms with Crippen LogP contribution in [-0.4, -0.2) is 32.1 Å². The number of carbonyl (C=O) groups is 1. The van der Waals surface area contributed by atoms with Gasteiger partial charge in [-0.15, -0.1) is 0 Å². The summed E-state index contributed by atoms with van der Waals surface area (Å²) in [4.78, 5) is 13.4. The molecular weight excluding hydrogens is 247 g/mol. The molecule has 0 aromatic heterocycles. The van der Waals surface area contributed by atoms with E-state index in [1.807, 2.05) is 0 Å². The predicted octanol–water partition coefficient (Wildman–Crippen LogP) is 2.08. The molecule has 19 heavy (non-hydrogen) atoms. The molecule has 0 saturated heterocycles. The van der Waals surface area contributed by atoms with E-state index in [9.17, 15) is 9.18 Å². The smallest absolute Gasteiger partial charge is 0.339 e. The Morgan fingerprint density at radius 1 is 1.47 bits per heavy atom. The second-order valence-electron chi connectivity index (χ2n) is 4.21. The summed E-state index contributed by atoms with van der Waals surface area (Å²) in [6.07, 6.45) is 1.56. The fourth-order valence-corrected chi connectivity index (χ4v) is 1.66. The minimum atomic E-state index is -0.617. The van der Waals surface area contributed by atoms with E-state index in [-0.39, 0.29) is 16.7 Å². The van der Waals surface area contributed by atoms with E-state index in [4.69, 9.17) is 10.00 Å². The highest BCUT2D eigenvalue weighted by atomic mass is 19.1. The van der Waals surface area contributed by atoms with Crippen LogP contribution < -0.4 is 0 Å². The lowest BCUT2D eigenvalue weighted by atomic mass is 9.98. The van der Waals surface area contributed by atoms with Crippen molar-refractivity contribution in [2.45, 2.75) is 6.92 Å². The van der Waals surface area contributed by atoms with Gasteiger partial charge in [0.2, 0.25) is 0 Å². The number of hydrogen-bond acceptors (Lipinski definition) is 4. The standard InChI is InChI=1S/C14H15FN2O2/c1-9-11(6-5-10(7-16)13(9)15)12(8-17(2)3)14(18)19-4/h5-6,8H,1-4H3/b12-8+. The van der Waals surface area contributed by atoms with E-state index in [2.05, 4.69) is 0 Å². The SMILES string of the molecule is COC(=O)/C(=C/N(C)C)c1ccc(C#N)c(F)c1C. The van der Waals surface area contributed by atoms with Crippen LogP contribution >= 0.6 is 0 Å². The highest BCUT2D eigenvalue weighted by molar-refractivity contribution is 6.16. The number of nitriles is 1. The molecule has 0 spiro atoms. The number of esters is 1. The van der Waals surface area contributed by atoms with Crippen LogP contribution in [0.5, 0.6) is 0 Å². The van der Waals surface area contributed by atoms with Crippen molar-refractivity contribution >= 4 is 11.5 Å². The molecule has 0 aliphatic rings. The van der Waals surface area contributed by atoms with Crippen molar-refractivity contribution in [3.63, 3.8) is 0 Å². The summed E-state index contributed by atoms with van der Waals surface area (Å²) >= 11 is 0. The van der Waals surface area contributed by atoms with Crippen LogP contribution in [0.25, 0.3) is 5.57 Å². The van der Waals surface area contributed by atoms with Gasteiger partial charge in [0.15, 0.2) is 0 Å². The van der Waals surface area contributed by atoms with Crippen molar-refractivity contribution < 1.29 is 13.9 Å². The number of carbonyl (C=O) groups excluding carboxylic acids is 1. The maximum absolute atomic E-state index is 13.9. The normalized spacial score (nSPS) is 10.8. The third-order valence-corrected chi connectivity index (χ3v) is 2.59. The second-order valence-corrected chi connectivity index (χ2v) is 4.21. The second kappa shape index (κ2) is 6.01. The molecule has 0 unspecified atom stereocenters. The number of hydrogen-bond donors (Lipinski definition) is 0. The van der Waals surface area contributed by atoms with Crippen molar-refractivity contribution in [1.82, 2.24) is 4.90 Å². The zero-order valence-electron chi connectivity index (χ0n) is 11.3. The molecule has 0 saturated carbocycles. The average molecular weight is 262 g/mol. The molecule has 0 aliphatic carbocycles. The van der Waals surface area contributed by atoms with Crippen LogP contribution in [0.1, 0.15) is 16.7 Å². The number of methoxy groups -OCH3 is 1. The summed E-state index contributed by atoms with van der Waals surface area (Å²) in [6, 6.07) is 4.66. The van der Waals surface area contributed by atoms with Gasteiger partial charge in [-0.25, -0.2) is 9.18 Å². The summed E-state index contributed by atoms with van der Waals surface area (Å²) in [5.74, 6) is -1.17. The molecule has 1 aromatic carbocycles. The third kappa shape index (κ3) is 3.10. The van der Waals surface area contributed by atoms with Gasteiger partial charge in [0.1, 0.15) is 11.9 Å². The molecular formula is C14H15FN2O2. The van der Waals surface area contributed by atoms with Gasteiger partial charge in [0.05, 0.1) is 18.2 Å². The van der Waals surface area contributed by atoms with Crippen LogP contribution in [0.4, 0.5) is 4.39 Å². The van der Waals surface area contributed by atoms with Crippen molar-refractivity contribution in [2.75, 3.05) is 21.2 Å². The quantitative estimate of drug-likeness (QED) is 0.618. The summed E-state index contributed by atoms with van der Waals surface area (Å²) in [5, 5.41) is 8.77. The van der Waals surface area contributed by atoms with E-state index in [1.165, 1.54) is 20.1 Å². The first-order valence-corrected chi connectivity index (χ1v) is 5.58. The highest BCUT2D eigenvalue weighted by Gasteiger charge is 2.18. The van der Waals surface area contributed by atoms with Crippen LogP contribution in [0, 0.1) is 24.1 Å². The molecule has 100 valence electrons. The van der Waals surface area contributed by atoms with Gasteiger partial charge >= 0.3 is 5.97 Å². The molecule has 5 heteroatoms. The molecule has 0 bridgehead atoms. The first-order chi connectivity index (χ1) is 8.92. The largest absolute Gasteiger partial charge is 0.465 e. The van der Waals surface area contributed by atoms with Crippen LogP contribution in [0.15, 0.2) is 18.3 Å². The van der Waals surface area contributed by atoms with E-state index < -0.39 is 11.8 Å². The Balaban J connectivity index is 3.46. The molecule has 1 rings (SSSR count). The maximum Gasteiger partial charge on any atom is 0.339 e. The molecule has 0 aliphatic heterocycles. The highest BCUT2D eigenvalue weighted by Crippen LogP contribution is 2.24. The van der Waals surface area contributed by atoms with Crippen LogP contribution in [0.3, 0.4) is 0 Å². The van der Waals surface area contributed by atoms with Gasteiger partial charge in [-0.1, -0.05) is 6.07 Å². The fraction of sp³-hybridized carbons (Fsp3) is 0.286. The summed E-state index contributed by atoms with van der Waals surface area (Å²) in [5.41, 5.74) is 0.860. The molecule has 0 radical (unpaired) electrons. The van der Waals surface area contributed by atoms with E-state index in [0.29, 0.717) is 5.56 Å². The molecule has 0 fully saturated rings. The third-order valence-electron chi connectivity index (χ3n) is 2.59. The summed E-state index contributed by atoms with van der Waals surface area (Å²) in [6.45, 7) is 1.53. The van der Waals surface area contributed by atoms with Crippen molar-refractivity contribution in [3.05, 3.63) is 40.8 Å². The van der Waals surface area contributed by atoms with Gasteiger partial charge in [-0.05, 0) is 24.1 Å². The predicted molar refractivity (Wildman–Crippen MR) is 69.5 cm³/mol. The fourth-order valence-electron chi connectivity index (χ4n) is 1.66. The minimum absolute atomic E-state index is 0.0460. The zero-order chi connectivity index (χ0) is 14.6. The number of rotatable bonds is 3. The van der Waals surface area contributed by atoms with Gasteiger partial charge < -0.3 is 9.64 Å². The topological polar surface area (TPSA) is 53.3 Å².